The Morgan fingerprint density at radius 2 is 1.96 bits per heavy atom. The van der Waals surface area contributed by atoms with E-state index in [1.807, 2.05) is 30.3 Å². The van der Waals surface area contributed by atoms with Crippen LogP contribution in [0, 0.1) is 0 Å². The minimum Gasteiger partial charge on any atom is -0.472 e. The van der Waals surface area contributed by atoms with Gasteiger partial charge in [-0.2, -0.15) is 0 Å². The number of pyridine rings is 1. The Morgan fingerprint density at radius 3 is 2.70 bits per heavy atom. The summed E-state index contributed by atoms with van der Waals surface area (Å²) < 4.78 is 5.91. The van der Waals surface area contributed by atoms with Crippen LogP contribution in [-0.4, -0.2) is 17.4 Å². The third-order valence-electron chi connectivity index (χ3n) is 3.94. The fourth-order valence-corrected chi connectivity index (χ4v) is 2.73. The van der Waals surface area contributed by atoms with Crippen molar-refractivity contribution in [2.24, 2.45) is 0 Å². The van der Waals surface area contributed by atoms with E-state index in [-0.39, 0.29) is 5.91 Å². The summed E-state index contributed by atoms with van der Waals surface area (Å²) in [6.07, 6.45) is 2.46. The molecule has 0 bridgehead atoms. The lowest BCUT2D eigenvalue weighted by molar-refractivity contribution is -0.126. The van der Waals surface area contributed by atoms with Crippen molar-refractivity contribution < 1.29 is 9.53 Å². The van der Waals surface area contributed by atoms with Crippen molar-refractivity contribution in [1.29, 1.82) is 0 Å². The van der Waals surface area contributed by atoms with Crippen LogP contribution in [0.3, 0.4) is 0 Å². The van der Waals surface area contributed by atoms with E-state index in [4.69, 9.17) is 10.5 Å². The molecule has 2 N–H and O–H groups in total. The Hall–Kier alpha value is -2.56. The van der Waals surface area contributed by atoms with Crippen molar-refractivity contribution in [3.8, 4) is 5.75 Å². The zero-order chi connectivity index (χ0) is 16.2. The molecule has 1 amide bonds. The van der Waals surface area contributed by atoms with Gasteiger partial charge in [0.05, 0.1) is 0 Å². The number of hydrogen-bond donors (Lipinski definition) is 1. The number of benzene rings is 1. The van der Waals surface area contributed by atoms with E-state index < -0.39 is 6.10 Å². The van der Waals surface area contributed by atoms with Gasteiger partial charge in [-0.1, -0.05) is 50.1 Å². The van der Waals surface area contributed by atoms with Gasteiger partial charge < -0.3 is 10.5 Å². The molecule has 0 radical (unpaired) electrons. The average molecular weight is 311 g/mol. The first kappa shape index (κ1) is 15.3. The number of hydrogen-bond acceptors (Lipinski definition) is 4. The van der Waals surface area contributed by atoms with E-state index in [2.05, 4.69) is 11.9 Å². The van der Waals surface area contributed by atoms with Crippen LogP contribution < -0.4 is 15.4 Å². The highest BCUT2D eigenvalue weighted by Crippen LogP contribution is 2.38. The molecule has 1 aromatic carbocycles. The third kappa shape index (κ3) is 3.13. The topological polar surface area (TPSA) is 68.5 Å². The highest BCUT2D eigenvalue weighted by molar-refractivity contribution is 5.99. The van der Waals surface area contributed by atoms with Crippen molar-refractivity contribution in [3.63, 3.8) is 0 Å². The predicted octanol–water partition coefficient (Wildman–Crippen LogP) is 3.32. The lowest BCUT2D eigenvalue weighted by Crippen LogP contribution is -2.42. The SMILES string of the molecule is CCCCCN1C(=O)C(c2ccccc2)Oc2ccc(N)nc21. The number of anilines is 2. The Morgan fingerprint density at radius 1 is 1.17 bits per heavy atom. The van der Waals surface area contributed by atoms with Gasteiger partial charge >= 0.3 is 0 Å². The van der Waals surface area contributed by atoms with Crippen LogP contribution in [0.15, 0.2) is 42.5 Å². The smallest absolute Gasteiger partial charge is 0.274 e. The molecule has 2 heterocycles. The molecule has 1 unspecified atom stereocenters. The molecule has 3 rings (SSSR count). The van der Waals surface area contributed by atoms with Gasteiger partial charge in [-0.25, -0.2) is 4.98 Å². The van der Waals surface area contributed by atoms with Gasteiger partial charge in [-0.3, -0.25) is 9.69 Å². The Balaban J connectivity index is 1.95. The Kier molecular flexibility index (Phi) is 4.46. The predicted molar refractivity (Wildman–Crippen MR) is 90.3 cm³/mol. The van der Waals surface area contributed by atoms with Crippen molar-refractivity contribution in [2.75, 3.05) is 17.2 Å². The normalized spacial score (nSPS) is 16.8. The van der Waals surface area contributed by atoms with Crippen LogP contribution in [-0.2, 0) is 4.79 Å². The van der Waals surface area contributed by atoms with Crippen LogP contribution in [0.2, 0.25) is 0 Å². The van der Waals surface area contributed by atoms with Gasteiger partial charge in [0.1, 0.15) is 5.82 Å². The van der Waals surface area contributed by atoms with E-state index >= 15 is 0 Å². The first-order chi connectivity index (χ1) is 11.2. The number of carbonyl (C=O) groups excluding carboxylic acids is 1. The van der Waals surface area contributed by atoms with Gasteiger partial charge in [-0.15, -0.1) is 0 Å². The molecule has 5 heteroatoms. The minimum atomic E-state index is -0.629. The molecule has 0 aliphatic carbocycles. The van der Waals surface area contributed by atoms with Crippen molar-refractivity contribution in [2.45, 2.75) is 32.3 Å². The van der Waals surface area contributed by atoms with E-state index in [0.717, 1.165) is 24.8 Å². The maximum atomic E-state index is 12.9. The zero-order valence-electron chi connectivity index (χ0n) is 13.2. The van der Waals surface area contributed by atoms with Gasteiger partial charge in [0.15, 0.2) is 11.6 Å². The van der Waals surface area contributed by atoms with E-state index in [1.165, 1.54) is 0 Å². The first-order valence-corrected chi connectivity index (χ1v) is 8.00. The van der Waals surface area contributed by atoms with Gasteiger partial charge in [0.25, 0.3) is 5.91 Å². The number of aromatic nitrogens is 1. The standard InChI is InChI=1S/C18H21N3O2/c1-2-3-7-12-21-17-14(10-11-15(19)20-17)23-16(18(21)22)13-8-5-4-6-9-13/h4-6,8-11,16H,2-3,7,12H2,1H3,(H2,19,20). The molecule has 2 aromatic rings. The Labute approximate surface area is 136 Å². The van der Waals surface area contributed by atoms with Crippen LogP contribution in [0.4, 0.5) is 11.6 Å². The first-order valence-electron chi connectivity index (χ1n) is 8.00. The van der Waals surface area contributed by atoms with Crippen LogP contribution in [0.5, 0.6) is 5.75 Å². The fraction of sp³-hybridized carbons (Fsp3) is 0.333. The highest BCUT2D eigenvalue weighted by Gasteiger charge is 2.36. The molecular formula is C18H21N3O2. The van der Waals surface area contributed by atoms with Gasteiger partial charge in [-0.05, 0) is 18.6 Å². The van der Waals surface area contributed by atoms with Gasteiger partial charge in [0, 0.05) is 12.1 Å². The summed E-state index contributed by atoms with van der Waals surface area (Å²) in [4.78, 5) is 18.9. The van der Waals surface area contributed by atoms with Crippen molar-refractivity contribution in [1.82, 2.24) is 4.98 Å². The fourth-order valence-electron chi connectivity index (χ4n) is 2.73. The highest BCUT2D eigenvalue weighted by atomic mass is 16.5. The molecule has 23 heavy (non-hydrogen) atoms. The maximum Gasteiger partial charge on any atom is 0.274 e. The molecule has 0 saturated heterocycles. The van der Waals surface area contributed by atoms with Gasteiger partial charge in [0.2, 0.25) is 6.10 Å². The summed E-state index contributed by atoms with van der Waals surface area (Å²) in [5.41, 5.74) is 6.63. The molecule has 0 fully saturated rings. The second-order valence-electron chi connectivity index (χ2n) is 5.66. The zero-order valence-corrected chi connectivity index (χ0v) is 13.2. The van der Waals surface area contributed by atoms with Crippen molar-refractivity contribution >= 4 is 17.5 Å². The molecule has 1 aliphatic rings. The summed E-state index contributed by atoms with van der Waals surface area (Å²) >= 11 is 0. The molecular weight excluding hydrogens is 290 g/mol. The Bertz CT molecular complexity index is 688. The number of ether oxygens (including phenoxy) is 1. The average Bonchev–Trinajstić information content (AvgIpc) is 2.57. The second kappa shape index (κ2) is 6.69. The summed E-state index contributed by atoms with van der Waals surface area (Å²) in [7, 11) is 0. The second-order valence-corrected chi connectivity index (χ2v) is 5.66. The van der Waals surface area contributed by atoms with Crippen molar-refractivity contribution in [3.05, 3.63) is 48.0 Å². The summed E-state index contributed by atoms with van der Waals surface area (Å²) in [6, 6.07) is 13.0. The molecule has 1 aliphatic heterocycles. The largest absolute Gasteiger partial charge is 0.472 e. The lowest BCUT2D eigenvalue weighted by Gasteiger charge is -2.33. The number of nitrogens with two attached hydrogens (primary N) is 1. The third-order valence-corrected chi connectivity index (χ3v) is 3.94. The summed E-state index contributed by atoms with van der Waals surface area (Å²) in [6.45, 7) is 2.76. The number of nitrogen functional groups attached to an aromatic ring is 1. The molecule has 120 valence electrons. The van der Waals surface area contributed by atoms with E-state index in [0.29, 0.717) is 23.9 Å². The maximum absolute atomic E-state index is 12.9. The minimum absolute atomic E-state index is 0.0853. The molecule has 5 nitrogen and oxygen atoms in total. The lowest BCUT2D eigenvalue weighted by atomic mass is 10.1. The van der Waals surface area contributed by atoms with Crippen LogP contribution >= 0.6 is 0 Å². The number of rotatable bonds is 5. The monoisotopic (exact) mass is 311 g/mol. The molecule has 1 aromatic heterocycles. The summed E-state index contributed by atoms with van der Waals surface area (Å²) in [5, 5.41) is 0. The summed E-state index contributed by atoms with van der Waals surface area (Å²) in [5.74, 6) is 1.43. The molecule has 0 saturated carbocycles. The molecule has 1 atom stereocenters. The quantitative estimate of drug-likeness (QED) is 0.860. The number of nitrogens with zero attached hydrogens (tertiary/aromatic N) is 2. The molecule has 0 spiro atoms. The van der Waals surface area contributed by atoms with Crippen LogP contribution in [0.25, 0.3) is 0 Å². The number of unbranched alkanes of at least 4 members (excludes halogenated alkanes) is 2. The number of amides is 1. The number of fused-ring (bicyclic) bond motifs is 1. The van der Waals surface area contributed by atoms with E-state index in [9.17, 15) is 4.79 Å². The van der Waals surface area contributed by atoms with Crippen LogP contribution in [0.1, 0.15) is 37.9 Å². The number of carbonyl (C=O) groups is 1. The van der Waals surface area contributed by atoms with E-state index in [1.54, 1.807) is 17.0 Å².